The van der Waals surface area contributed by atoms with Crippen molar-refractivity contribution >= 4 is 34.8 Å². The molecule has 0 saturated heterocycles. The molecular formula is C17H18ClN3O3. The Morgan fingerprint density at radius 2 is 1.50 bits per heavy atom. The van der Waals surface area contributed by atoms with Gasteiger partial charge in [0.25, 0.3) is 0 Å². The largest absolute Gasteiger partial charge is 0.497 e. The molecule has 0 aliphatic heterocycles. The molecule has 1 N–H and O–H groups in total. The van der Waals surface area contributed by atoms with Gasteiger partial charge in [-0.1, -0.05) is 0 Å². The number of anilines is 2. The summed E-state index contributed by atoms with van der Waals surface area (Å²) in [4.78, 5) is 8.61. The highest BCUT2D eigenvalue weighted by Gasteiger charge is 2.11. The lowest BCUT2D eigenvalue weighted by Crippen LogP contribution is -1.98. The van der Waals surface area contributed by atoms with Gasteiger partial charge in [-0.3, -0.25) is 0 Å². The topological polar surface area (TPSA) is 65.5 Å². The van der Waals surface area contributed by atoms with Crippen LogP contribution in [0.25, 0.3) is 10.9 Å². The molecule has 6 nitrogen and oxygen atoms in total. The molecule has 7 heteroatoms. The third-order valence-corrected chi connectivity index (χ3v) is 3.49. The molecule has 0 atom stereocenters. The van der Waals surface area contributed by atoms with Gasteiger partial charge in [-0.15, -0.1) is 12.4 Å². The van der Waals surface area contributed by atoms with Gasteiger partial charge in [0.2, 0.25) is 0 Å². The Bertz CT molecular complexity index is 825. The zero-order chi connectivity index (χ0) is 16.2. The highest BCUT2D eigenvalue weighted by molar-refractivity contribution is 5.93. The van der Waals surface area contributed by atoms with E-state index in [1.54, 1.807) is 21.3 Å². The van der Waals surface area contributed by atoms with Crippen LogP contribution in [0.5, 0.6) is 17.2 Å². The van der Waals surface area contributed by atoms with Crippen LogP contribution in [0, 0.1) is 0 Å². The van der Waals surface area contributed by atoms with Crippen molar-refractivity contribution in [1.82, 2.24) is 9.97 Å². The maximum absolute atomic E-state index is 5.35. The first-order valence-electron chi connectivity index (χ1n) is 7.03. The standard InChI is InChI=1S/C17H17N3O3.ClH/c1-21-12-6-4-11(5-7-12)20-17-13-8-15(22-2)16(23-3)9-14(13)18-10-19-17;/h4-10H,1-3H3,(H,18,19,20);1H. The molecule has 0 radical (unpaired) electrons. The molecular weight excluding hydrogens is 330 g/mol. The molecule has 0 saturated carbocycles. The summed E-state index contributed by atoms with van der Waals surface area (Å²) in [6.07, 6.45) is 1.51. The molecule has 3 rings (SSSR count). The molecule has 0 aliphatic carbocycles. The molecule has 3 aromatic rings. The minimum absolute atomic E-state index is 0. The summed E-state index contributed by atoms with van der Waals surface area (Å²) in [5.74, 6) is 2.76. The number of rotatable bonds is 5. The lowest BCUT2D eigenvalue weighted by atomic mass is 10.2. The molecule has 0 fully saturated rings. The van der Waals surface area contributed by atoms with Gasteiger partial charge in [-0.05, 0) is 30.3 Å². The molecule has 1 aromatic heterocycles. The lowest BCUT2D eigenvalue weighted by molar-refractivity contribution is 0.356. The van der Waals surface area contributed by atoms with E-state index in [2.05, 4.69) is 15.3 Å². The van der Waals surface area contributed by atoms with E-state index >= 15 is 0 Å². The highest BCUT2D eigenvalue weighted by Crippen LogP contribution is 2.34. The number of hydrogen-bond donors (Lipinski definition) is 1. The second kappa shape index (κ2) is 7.70. The van der Waals surface area contributed by atoms with Crippen LogP contribution < -0.4 is 19.5 Å². The number of benzene rings is 2. The summed E-state index contributed by atoms with van der Waals surface area (Å²) >= 11 is 0. The first kappa shape index (κ1) is 17.6. The SMILES string of the molecule is COc1ccc(Nc2ncnc3cc(OC)c(OC)cc23)cc1.Cl. The zero-order valence-electron chi connectivity index (χ0n) is 13.6. The fraction of sp³-hybridized carbons (Fsp3) is 0.176. The highest BCUT2D eigenvalue weighted by atomic mass is 35.5. The zero-order valence-corrected chi connectivity index (χ0v) is 14.4. The minimum atomic E-state index is 0. The second-order valence-electron chi connectivity index (χ2n) is 4.80. The van der Waals surface area contributed by atoms with E-state index in [0.717, 1.165) is 22.3 Å². The van der Waals surface area contributed by atoms with E-state index in [1.807, 2.05) is 36.4 Å². The number of hydrogen-bond acceptors (Lipinski definition) is 6. The van der Waals surface area contributed by atoms with E-state index < -0.39 is 0 Å². The second-order valence-corrected chi connectivity index (χ2v) is 4.80. The van der Waals surface area contributed by atoms with Crippen LogP contribution in [0.15, 0.2) is 42.7 Å². The molecule has 0 spiro atoms. The Morgan fingerprint density at radius 3 is 2.12 bits per heavy atom. The van der Waals surface area contributed by atoms with Gasteiger partial charge in [-0.2, -0.15) is 0 Å². The summed E-state index contributed by atoms with van der Waals surface area (Å²) in [5, 5.41) is 4.13. The predicted molar refractivity (Wildman–Crippen MR) is 96.2 cm³/mol. The molecule has 0 amide bonds. The number of fused-ring (bicyclic) bond motifs is 1. The van der Waals surface area contributed by atoms with Gasteiger partial charge in [0.15, 0.2) is 11.5 Å². The number of aromatic nitrogens is 2. The van der Waals surface area contributed by atoms with Crippen LogP contribution in [-0.2, 0) is 0 Å². The first-order valence-corrected chi connectivity index (χ1v) is 7.03. The third-order valence-electron chi connectivity index (χ3n) is 3.49. The number of methoxy groups -OCH3 is 3. The van der Waals surface area contributed by atoms with Gasteiger partial charge in [0, 0.05) is 17.1 Å². The fourth-order valence-corrected chi connectivity index (χ4v) is 2.29. The van der Waals surface area contributed by atoms with Crippen molar-refractivity contribution < 1.29 is 14.2 Å². The van der Waals surface area contributed by atoms with E-state index in [-0.39, 0.29) is 12.4 Å². The van der Waals surface area contributed by atoms with Crippen LogP contribution in [0.3, 0.4) is 0 Å². The quantitative estimate of drug-likeness (QED) is 0.756. The van der Waals surface area contributed by atoms with Crippen LogP contribution >= 0.6 is 12.4 Å². The van der Waals surface area contributed by atoms with Crippen molar-refractivity contribution in [3.05, 3.63) is 42.7 Å². The Hall–Kier alpha value is -2.73. The van der Waals surface area contributed by atoms with Gasteiger partial charge < -0.3 is 19.5 Å². The van der Waals surface area contributed by atoms with Crippen molar-refractivity contribution in [2.45, 2.75) is 0 Å². The summed E-state index contributed by atoms with van der Waals surface area (Å²) in [6.45, 7) is 0. The van der Waals surface area contributed by atoms with Crippen molar-refractivity contribution in [1.29, 1.82) is 0 Å². The maximum Gasteiger partial charge on any atom is 0.162 e. The summed E-state index contributed by atoms with van der Waals surface area (Å²) in [7, 11) is 4.84. The Kier molecular flexibility index (Phi) is 5.65. The summed E-state index contributed by atoms with van der Waals surface area (Å²) in [5.41, 5.74) is 1.68. The van der Waals surface area contributed by atoms with E-state index in [4.69, 9.17) is 14.2 Å². The minimum Gasteiger partial charge on any atom is -0.497 e. The van der Waals surface area contributed by atoms with Gasteiger partial charge in [0.1, 0.15) is 17.9 Å². The van der Waals surface area contributed by atoms with Gasteiger partial charge in [-0.25, -0.2) is 9.97 Å². The van der Waals surface area contributed by atoms with Crippen molar-refractivity contribution in [3.8, 4) is 17.2 Å². The average molecular weight is 348 g/mol. The average Bonchev–Trinajstić information content (AvgIpc) is 2.61. The van der Waals surface area contributed by atoms with Crippen LogP contribution in [0.4, 0.5) is 11.5 Å². The predicted octanol–water partition coefficient (Wildman–Crippen LogP) is 3.82. The van der Waals surface area contributed by atoms with E-state index in [0.29, 0.717) is 17.3 Å². The normalized spacial score (nSPS) is 9.96. The number of halogens is 1. The molecule has 0 unspecified atom stereocenters. The lowest BCUT2D eigenvalue weighted by Gasteiger charge is -2.12. The third kappa shape index (κ3) is 3.44. The van der Waals surface area contributed by atoms with Crippen molar-refractivity contribution in [2.75, 3.05) is 26.6 Å². The van der Waals surface area contributed by atoms with Gasteiger partial charge >= 0.3 is 0 Å². The molecule has 1 heterocycles. The smallest absolute Gasteiger partial charge is 0.162 e. The van der Waals surface area contributed by atoms with Crippen molar-refractivity contribution in [3.63, 3.8) is 0 Å². The summed E-state index contributed by atoms with van der Waals surface area (Å²) < 4.78 is 15.8. The van der Waals surface area contributed by atoms with Crippen LogP contribution in [0.2, 0.25) is 0 Å². The van der Waals surface area contributed by atoms with Crippen LogP contribution in [0.1, 0.15) is 0 Å². The van der Waals surface area contributed by atoms with E-state index in [9.17, 15) is 0 Å². The van der Waals surface area contributed by atoms with Gasteiger partial charge in [0.05, 0.1) is 26.8 Å². The van der Waals surface area contributed by atoms with Crippen molar-refractivity contribution in [2.24, 2.45) is 0 Å². The molecule has 24 heavy (non-hydrogen) atoms. The first-order chi connectivity index (χ1) is 11.2. The maximum atomic E-state index is 5.35. The molecule has 0 bridgehead atoms. The Balaban J connectivity index is 0.00000208. The molecule has 0 aliphatic rings. The molecule has 2 aromatic carbocycles. The van der Waals surface area contributed by atoms with E-state index in [1.165, 1.54) is 6.33 Å². The number of nitrogens with zero attached hydrogens (tertiary/aromatic N) is 2. The Labute approximate surface area is 146 Å². The number of ether oxygens (including phenoxy) is 3. The Morgan fingerprint density at radius 1 is 0.833 bits per heavy atom. The summed E-state index contributed by atoms with van der Waals surface area (Å²) in [6, 6.07) is 11.3. The van der Waals surface area contributed by atoms with Crippen LogP contribution in [-0.4, -0.2) is 31.3 Å². The monoisotopic (exact) mass is 347 g/mol. The number of nitrogens with one attached hydrogen (secondary N) is 1. The molecule has 126 valence electrons. The fourth-order valence-electron chi connectivity index (χ4n) is 2.29.